The van der Waals surface area contributed by atoms with E-state index in [1.807, 2.05) is 24.3 Å². The Hall–Kier alpha value is -4.20. The second-order valence-corrected chi connectivity index (χ2v) is 8.69. The predicted molar refractivity (Wildman–Crippen MR) is 133 cm³/mol. The van der Waals surface area contributed by atoms with Gasteiger partial charge in [0.25, 0.3) is 11.8 Å². The molecule has 2 aromatic rings. The first kappa shape index (κ1) is 22.6. The number of hydrogen-bond donors (Lipinski definition) is 2. The van der Waals surface area contributed by atoms with E-state index in [0.717, 1.165) is 17.8 Å². The molecule has 0 spiro atoms. The summed E-state index contributed by atoms with van der Waals surface area (Å²) in [6.07, 6.45) is 9.16. The van der Waals surface area contributed by atoms with Crippen LogP contribution in [0.3, 0.4) is 0 Å². The molecule has 2 amide bonds. The van der Waals surface area contributed by atoms with Crippen molar-refractivity contribution in [1.29, 1.82) is 0 Å². The van der Waals surface area contributed by atoms with Crippen LogP contribution in [0, 0.1) is 23.7 Å². The zero-order valence-corrected chi connectivity index (χ0v) is 19.5. The summed E-state index contributed by atoms with van der Waals surface area (Å²) in [5.41, 5.74) is 7.80. The average Bonchev–Trinajstić information content (AvgIpc) is 3.53. The van der Waals surface area contributed by atoms with Crippen LogP contribution in [-0.4, -0.2) is 37.5 Å². The highest BCUT2D eigenvalue weighted by atomic mass is 16.5. The van der Waals surface area contributed by atoms with Gasteiger partial charge in [-0.2, -0.15) is 10.2 Å². The van der Waals surface area contributed by atoms with Crippen molar-refractivity contribution >= 4 is 23.2 Å². The minimum Gasteiger partial charge on any atom is -0.496 e. The number of carbonyl (C=O) groups is 2. The fraction of sp³-hybridized carbons (Fsp3) is 0.259. The Kier molecular flexibility index (Phi) is 6.18. The molecule has 3 aliphatic rings. The van der Waals surface area contributed by atoms with E-state index in [0.29, 0.717) is 34.5 Å². The van der Waals surface area contributed by atoms with Gasteiger partial charge < -0.3 is 9.47 Å². The van der Waals surface area contributed by atoms with Gasteiger partial charge in [0.2, 0.25) is 0 Å². The molecule has 0 aromatic heterocycles. The molecule has 4 unspecified atom stereocenters. The molecule has 2 bridgehead atoms. The lowest BCUT2D eigenvalue weighted by Gasteiger charge is -2.31. The van der Waals surface area contributed by atoms with Gasteiger partial charge in [-0.1, -0.05) is 36.4 Å². The van der Waals surface area contributed by atoms with E-state index >= 15 is 0 Å². The molecule has 5 rings (SSSR count). The Bertz CT molecular complexity index is 1180. The number of allylic oxidation sites excluding steroid dienone is 4. The fourth-order valence-corrected chi connectivity index (χ4v) is 5.26. The number of hydrogen-bond acceptors (Lipinski definition) is 6. The third kappa shape index (κ3) is 4.23. The largest absolute Gasteiger partial charge is 0.496 e. The van der Waals surface area contributed by atoms with Crippen LogP contribution in [-0.2, 0) is 0 Å². The Morgan fingerprint density at radius 2 is 1.17 bits per heavy atom. The number of para-hydroxylation sites is 2. The van der Waals surface area contributed by atoms with Crippen molar-refractivity contribution in [2.75, 3.05) is 14.2 Å². The summed E-state index contributed by atoms with van der Waals surface area (Å²) in [6, 6.07) is 14.1. The molecule has 35 heavy (non-hydrogen) atoms. The summed E-state index contributed by atoms with van der Waals surface area (Å²) in [6.45, 7) is 0. The van der Waals surface area contributed by atoms with Crippen molar-refractivity contribution in [3.63, 3.8) is 0 Å². The second kappa shape index (κ2) is 9.58. The topological polar surface area (TPSA) is 101 Å². The molecule has 0 aliphatic heterocycles. The van der Waals surface area contributed by atoms with Gasteiger partial charge in [-0.15, -0.1) is 0 Å². The molecular formula is C27H26N4O4. The molecule has 0 radical (unpaired) electrons. The van der Waals surface area contributed by atoms with E-state index in [2.05, 4.69) is 33.2 Å². The number of ether oxygens (including phenoxy) is 2. The third-order valence-corrected chi connectivity index (χ3v) is 6.84. The number of carbonyl (C=O) groups excluding carboxylic acids is 2. The van der Waals surface area contributed by atoms with Crippen molar-refractivity contribution in [2.24, 2.45) is 33.9 Å². The van der Waals surface area contributed by atoms with Crippen LogP contribution < -0.4 is 20.3 Å². The normalized spacial score (nSPS) is 26.0. The van der Waals surface area contributed by atoms with Crippen molar-refractivity contribution in [3.8, 4) is 11.5 Å². The third-order valence-electron chi connectivity index (χ3n) is 6.84. The fourth-order valence-electron chi connectivity index (χ4n) is 5.26. The predicted octanol–water partition coefficient (Wildman–Crippen LogP) is 3.58. The first-order valence-corrected chi connectivity index (χ1v) is 11.5. The number of nitrogens with one attached hydrogen (secondary N) is 2. The average molecular weight is 471 g/mol. The molecule has 8 heteroatoms. The smallest absolute Gasteiger partial charge is 0.275 e. The van der Waals surface area contributed by atoms with Gasteiger partial charge >= 0.3 is 0 Å². The van der Waals surface area contributed by atoms with Crippen molar-refractivity contribution in [3.05, 3.63) is 84.0 Å². The first-order valence-electron chi connectivity index (χ1n) is 11.5. The van der Waals surface area contributed by atoms with Crippen LogP contribution >= 0.6 is 0 Å². The zero-order valence-electron chi connectivity index (χ0n) is 19.5. The number of hydrazone groups is 2. The summed E-state index contributed by atoms with van der Waals surface area (Å²) >= 11 is 0. The molecule has 2 aromatic carbocycles. The minimum absolute atomic E-state index is 0.0786. The Balaban J connectivity index is 1.37. The molecule has 2 N–H and O–H groups in total. The lowest BCUT2D eigenvalue weighted by atomic mass is 9.74. The monoisotopic (exact) mass is 470 g/mol. The number of rotatable bonds is 6. The first-order chi connectivity index (χ1) is 17.1. The van der Waals surface area contributed by atoms with E-state index < -0.39 is 0 Å². The molecule has 1 fully saturated rings. The summed E-state index contributed by atoms with van der Waals surface area (Å²) in [5, 5.41) is 8.96. The van der Waals surface area contributed by atoms with Gasteiger partial charge in [-0.05, 0) is 54.7 Å². The van der Waals surface area contributed by atoms with Gasteiger partial charge in [0.05, 0.1) is 36.8 Å². The Morgan fingerprint density at radius 3 is 1.60 bits per heavy atom. The van der Waals surface area contributed by atoms with Gasteiger partial charge in [-0.25, -0.2) is 10.9 Å². The maximum Gasteiger partial charge on any atom is 0.275 e. The number of benzene rings is 2. The van der Waals surface area contributed by atoms with E-state index in [4.69, 9.17) is 9.47 Å². The van der Waals surface area contributed by atoms with Crippen molar-refractivity contribution in [1.82, 2.24) is 10.9 Å². The van der Waals surface area contributed by atoms with Crippen molar-refractivity contribution < 1.29 is 19.1 Å². The highest BCUT2D eigenvalue weighted by Crippen LogP contribution is 2.50. The number of nitrogens with zero attached hydrogens (tertiary/aromatic N) is 2. The molecule has 1 saturated carbocycles. The summed E-state index contributed by atoms with van der Waals surface area (Å²) in [4.78, 5) is 25.5. The van der Waals surface area contributed by atoms with Crippen LogP contribution in [0.4, 0.5) is 0 Å². The van der Waals surface area contributed by atoms with Gasteiger partial charge in [0.15, 0.2) is 0 Å². The molecular weight excluding hydrogens is 444 g/mol. The lowest BCUT2D eigenvalue weighted by molar-refractivity contribution is 0.0943. The molecule has 0 heterocycles. The van der Waals surface area contributed by atoms with Crippen molar-refractivity contribution in [2.45, 2.75) is 6.42 Å². The summed E-state index contributed by atoms with van der Waals surface area (Å²) < 4.78 is 10.6. The van der Waals surface area contributed by atoms with Crippen LogP contribution in [0.1, 0.15) is 27.1 Å². The van der Waals surface area contributed by atoms with Gasteiger partial charge in [-0.3, -0.25) is 9.59 Å². The number of fused-ring (bicyclic) bond motifs is 5. The van der Waals surface area contributed by atoms with Crippen LogP contribution in [0.5, 0.6) is 11.5 Å². The molecule has 0 saturated heterocycles. The lowest BCUT2D eigenvalue weighted by Crippen LogP contribution is -2.37. The van der Waals surface area contributed by atoms with E-state index in [1.54, 1.807) is 36.4 Å². The van der Waals surface area contributed by atoms with E-state index in [9.17, 15) is 9.59 Å². The molecule has 178 valence electrons. The standard InChI is InChI=1S/C27H26N4O4/c1-34-22-9-5-3-7-18(22)26(32)30-28-20-13-14-21(25-17-12-11-16(15-17)24(20)25)29-31-27(33)19-8-4-6-10-23(19)35-2/h3-14,16-17,24-25H,15H2,1-2H3,(H,30,32)(H,31,33)/b28-20+,29-21+. The second-order valence-electron chi connectivity index (χ2n) is 8.69. The maximum atomic E-state index is 12.7. The van der Waals surface area contributed by atoms with Gasteiger partial charge in [0, 0.05) is 11.8 Å². The summed E-state index contributed by atoms with van der Waals surface area (Å²) in [7, 11) is 3.06. The van der Waals surface area contributed by atoms with Gasteiger partial charge in [0.1, 0.15) is 11.5 Å². The molecule has 8 nitrogen and oxygen atoms in total. The SMILES string of the molecule is COc1ccccc1C(=O)N/N=C1C=C/C(=N\NC(=O)c2ccccc2OC)C2C3C=CC(C3)C\12. The highest BCUT2D eigenvalue weighted by molar-refractivity contribution is 6.13. The quantitative estimate of drug-likeness (QED) is 0.498. The number of amides is 2. The maximum absolute atomic E-state index is 12.7. The molecule has 4 atom stereocenters. The Morgan fingerprint density at radius 1 is 0.743 bits per heavy atom. The molecule has 3 aliphatic carbocycles. The number of methoxy groups -OCH3 is 2. The Labute approximate surface area is 203 Å². The van der Waals surface area contributed by atoms with E-state index in [1.165, 1.54) is 14.2 Å². The van der Waals surface area contributed by atoms with Crippen LogP contribution in [0.2, 0.25) is 0 Å². The van der Waals surface area contributed by atoms with E-state index in [-0.39, 0.29) is 23.7 Å². The highest BCUT2D eigenvalue weighted by Gasteiger charge is 2.49. The van der Waals surface area contributed by atoms with Crippen LogP contribution in [0.15, 0.2) is 83.0 Å². The zero-order chi connectivity index (χ0) is 24.4. The van der Waals surface area contributed by atoms with Crippen LogP contribution in [0.25, 0.3) is 0 Å². The minimum atomic E-state index is -0.331. The summed E-state index contributed by atoms with van der Waals surface area (Å²) in [5.74, 6) is 1.10.